The minimum absolute atomic E-state index is 0.0383. The van der Waals surface area contributed by atoms with E-state index in [9.17, 15) is 4.39 Å². The van der Waals surface area contributed by atoms with Crippen LogP contribution in [0.5, 0.6) is 17.5 Å². The van der Waals surface area contributed by atoms with Gasteiger partial charge in [0.25, 0.3) is 5.88 Å². The number of rotatable bonds is 4. The summed E-state index contributed by atoms with van der Waals surface area (Å²) in [7, 11) is 0. The third kappa shape index (κ3) is 4.10. The number of fused-ring (bicyclic) bond motifs is 1. The van der Waals surface area contributed by atoms with Gasteiger partial charge in [0.2, 0.25) is 5.88 Å². The van der Waals surface area contributed by atoms with Gasteiger partial charge in [0.1, 0.15) is 31.2 Å². The van der Waals surface area contributed by atoms with Crippen molar-refractivity contribution in [2.45, 2.75) is 38.8 Å². The fourth-order valence-corrected chi connectivity index (χ4v) is 3.70. The van der Waals surface area contributed by atoms with Crippen LogP contribution in [0, 0.1) is 24.1 Å². The standard InChI is InChI=1S/C21H23FN4O3/c1-13-15(12-23)3-4-19(24-13)29-16-5-7-26(8-6-16)14(2)20-17(22)11-18-21(25-20)28-10-9-27-18/h3-4,11,14,16H,5-10H2,1-2H3. The fourth-order valence-electron chi connectivity index (χ4n) is 3.70. The molecule has 1 saturated heterocycles. The topological polar surface area (TPSA) is 80.5 Å². The van der Waals surface area contributed by atoms with Crippen molar-refractivity contribution in [3.05, 3.63) is 41.0 Å². The molecule has 0 N–H and O–H groups in total. The van der Waals surface area contributed by atoms with Crippen molar-refractivity contribution in [2.75, 3.05) is 26.3 Å². The van der Waals surface area contributed by atoms with E-state index in [1.54, 1.807) is 19.1 Å². The molecule has 8 heteroatoms. The first-order valence-electron chi connectivity index (χ1n) is 9.79. The summed E-state index contributed by atoms with van der Waals surface area (Å²) in [5.41, 5.74) is 1.59. The normalized spacial score (nSPS) is 18.1. The summed E-state index contributed by atoms with van der Waals surface area (Å²) in [6, 6.07) is 6.75. The summed E-state index contributed by atoms with van der Waals surface area (Å²) < 4.78 is 31.5. The second-order valence-corrected chi connectivity index (χ2v) is 7.28. The molecule has 1 fully saturated rings. The van der Waals surface area contributed by atoms with Crippen molar-refractivity contribution in [1.82, 2.24) is 14.9 Å². The van der Waals surface area contributed by atoms with E-state index in [0.717, 1.165) is 25.9 Å². The Labute approximate surface area is 169 Å². The van der Waals surface area contributed by atoms with Crippen molar-refractivity contribution in [2.24, 2.45) is 0 Å². The fraction of sp³-hybridized carbons (Fsp3) is 0.476. The Hall–Kier alpha value is -2.92. The Morgan fingerprint density at radius 1 is 1.24 bits per heavy atom. The van der Waals surface area contributed by atoms with Crippen molar-refractivity contribution in [1.29, 1.82) is 5.26 Å². The number of likely N-dealkylation sites (tertiary alicyclic amines) is 1. The summed E-state index contributed by atoms with van der Waals surface area (Å²) >= 11 is 0. The molecule has 1 unspecified atom stereocenters. The number of piperidine rings is 1. The molecule has 0 spiro atoms. The average molecular weight is 398 g/mol. The van der Waals surface area contributed by atoms with Gasteiger partial charge in [0, 0.05) is 25.2 Å². The lowest BCUT2D eigenvalue weighted by Crippen LogP contribution is -2.40. The summed E-state index contributed by atoms with van der Waals surface area (Å²) in [6.45, 7) is 6.10. The molecular weight excluding hydrogens is 375 g/mol. The maximum absolute atomic E-state index is 14.6. The number of aryl methyl sites for hydroxylation is 1. The highest BCUT2D eigenvalue weighted by molar-refractivity contribution is 5.37. The summed E-state index contributed by atoms with van der Waals surface area (Å²) in [5, 5.41) is 9.01. The molecule has 4 rings (SSSR count). The zero-order chi connectivity index (χ0) is 20.4. The van der Waals surface area contributed by atoms with E-state index in [4.69, 9.17) is 19.5 Å². The van der Waals surface area contributed by atoms with Gasteiger partial charge in [-0.25, -0.2) is 14.4 Å². The van der Waals surface area contributed by atoms with Crippen molar-refractivity contribution in [3.8, 4) is 23.6 Å². The van der Waals surface area contributed by atoms with Crippen molar-refractivity contribution < 1.29 is 18.6 Å². The lowest BCUT2D eigenvalue weighted by molar-refractivity contribution is 0.0740. The Morgan fingerprint density at radius 2 is 2.00 bits per heavy atom. The second kappa shape index (κ2) is 8.21. The molecule has 0 aliphatic carbocycles. The van der Waals surface area contributed by atoms with Gasteiger partial charge in [-0.05, 0) is 32.8 Å². The molecule has 0 bridgehead atoms. The van der Waals surface area contributed by atoms with Crippen LogP contribution < -0.4 is 14.2 Å². The number of nitrogens with zero attached hydrogens (tertiary/aromatic N) is 4. The van der Waals surface area contributed by atoms with Crippen LogP contribution in [0.2, 0.25) is 0 Å². The molecule has 0 aromatic carbocycles. The molecule has 1 atom stereocenters. The van der Waals surface area contributed by atoms with Gasteiger partial charge in [0.05, 0.1) is 23.0 Å². The highest BCUT2D eigenvalue weighted by Gasteiger charge is 2.29. The maximum Gasteiger partial charge on any atom is 0.257 e. The number of ether oxygens (including phenoxy) is 3. The van der Waals surface area contributed by atoms with Crippen molar-refractivity contribution in [3.63, 3.8) is 0 Å². The minimum Gasteiger partial charge on any atom is -0.484 e. The van der Waals surface area contributed by atoms with E-state index in [2.05, 4.69) is 20.9 Å². The second-order valence-electron chi connectivity index (χ2n) is 7.28. The molecule has 0 radical (unpaired) electrons. The molecular formula is C21H23FN4O3. The van der Waals surface area contributed by atoms with Gasteiger partial charge >= 0.3 is 0 Å². The molecule has 29 heavy (non-hydrogen) atoms. The van der Waals surface area contributed by atoms with Crippen LogP contribution in [0.15, 0.2) is 18.2 Å². The maximum atomic E-state index is 14.6. The molecule has 2 aliphatic heterocycles. The smallest absolute Gasteiger partial charge is 0.257 e. The van der Waals surface area contributed by atoms with Crippen LogP contribution in [-0.2, 0) is 0 Å². The zero-order valence-electron chi connectivity index (χ0n) is 16.5. The van der Waals surface area contributed by atoms with E-state index < -0.39 is 0 Å². The lowest BCUT2D eigenvalue weighted by atomic mass is 10.0. The van der Waals surface area contributed by atoms with Crippen LogP contribution >= 0.6 is 0 Å². The van der Waals surface area contributed by atoms with Crippen LogP contribution in [0.25, 0.3) is 0 Å². The van der Waals surface area contributed by atoms with E-state index >= 15 is 0 Å². The van der Waals surface area contributed by atoms with E-state index in [-0.39, 0.29) is 18.0 Å². The largest absolute Gasteiger partial charge is 0.484 e. The van der Waals surface area contributed by atoms with Gasteiger partial charge in [-0.15, -0.1) is 0 Å². The van der Waals surface area contributed by atoms with Crippen molar-refractivity contribution >= 4 is 0 Å². The van der Waals surface area contributed by atoms with Gasteiger partial charge in [-0.1, -0.05) is 0 Å². The number of hydrogen-bond acceptors (Lipinski definition) is 7. The number of pyridine rings is 2. The monoisotopic (exact) mass is 398 g/mol. The molecule has 7 nitrogen and oxygen atoms in total. The van der Waals surface area contributed by atoms with E-state index in [1.807, 2.05) is 6.92 Å². The predicted molar refractivity (Wildman–Crippen MR) is 103 cm³/mol. The predicted octanol–water partition coefficient (Wildman–Crippen LogP) is 3.17. The average Bonchev–Trinajstić information content (AvgIpc) is 2.73. The number of halogens is 1. The van der Waals surface area contributed by atoms with Crippen LogP contribution in [0.4, 0.5) is 4.39 Å². The Morgan fingerprint density at radius 3 is 2.72 bits per heavy atom. The van der Waals surface area contributed by atoms with Crippen LogP contribution in [0.1, 0.15) is 42.8 Å². The van der Waals surface area contributed by atoms with Gasteiger partial charge in [0.15, 0.2) is 5.75 Å². The Bertz CT molecular complexity index is 938. The summed E-state index contributed by atoms with van der Waals surface area (Å²) in [6.07, 6.45) is 1.64. The van der Waals surface area contributed by atoms with Crippen LogP contribution in [-0.4, -0.2) is 47.3 Å². The van der Waals surface area contributed by atoms with Gasteiger partial charge < -0.3 is 14.2 Å². The first-order valence-corrected chi connectivity index (χ1v) is 9.79. The highest BCUT2D eigenvalue weighted by atomic mass is 19.1. The molecule has 4 heterocycles. The quantitative estimate of drug-likeness (QED) is 0.782. The van der Waals surface area contributed by atoms with Gasteiger partial charge in [-0.2, -0.15) is 5.26 Å². The Balaban J connectivity index is 1.38. The lowest BCUT2D eigenvalue weighted by Gasteiger charge is -2.35. The zero-order valence-corrected chi connectivity index (χ0v) is 16.5. The Kier molecular flexibility index (Phi) is 5.49. The highest BCUT2D eigenvalue weighted by Crippen LogP contribution is 2.34. The number of aromatic nitrogens is 2. The number of nitriles is 1. The first kappa shape index (κ1) is 19.4. The number of hydrogen-bond donors (Lipinski definition) is 0. The first-order chi connectivity index (χ1) is 14.0. The van der Waals surface area contributed by atoms with E-state index in [0.29, 0.717) is 47.7 Å². The van der Waals surface area contributed by atoms with Crippen LogP contribution in [0.3, 0.4) is 0 Å². The molecule has 2 aromatic heterocycles. The summed E-state index contributed by atoms with van der Waals surface area (Å²) in [4.78, 5) is 10.9. The minimum atomic E-state index is -0.377. The molecule has 152 valence electrons. The molecule has 0 saturated carbocycles. The molecule has 0 amide bonds. The third-order valence-corrected chi connectivity index (χ3v) is 5.40. The summed E-state index contributed by atoms with van der Waals surface area (Å²) in [5.74, 6) is 0.881. The van der Waals surface area contributed by atoms with E-state index in [1.165, 1.54) is 6.07 Å². The SMILES string of the molecule is Cc1nc(OC2CCN(C(C)c3nc4c(cc3F)OCCO4)CC2)ccc1C#N. The van der Waals surface area contributed by atoms with Gasteiger partial charge in [-0.3, -0.25) is 4.90 Å². The molecule has 2 aromatic rings. The molecule has 2 aliphatic rings. The third-order valence-electron chi connectivity index (χ3n) is 5.40.